The molecule has 0 saturated carbocycles. The highest BCUT2D eigenvalue weighted by Gasteiger charge is 2.30. The number of amides is 2. The highest BCUT2D eigenvalue weighted by molar-refractivity contribution is 9.10. The second kappa shape index (κ2) is 13.7. The van der Waals surface area contributed by atoms with Gasteiger partial charge in [0, 0.05) is 29.0 Å². The molecule has 0 bridgehead atoms. The Hall–Kier alpha value is -2.35. The lowest BCUT2D eigenvalue weighted by Gasteiger charge is -2.31. The quantitative estimate of drug-likeness (QED) is 0.269. The summed E-state index contributed by atoms with van der Waals surface area (Å²) in [6, 6.07) is 21.8. The third-order valence-electron chi connectivity index (χ3n) is 5.33. The zero-order valence-electron chi connectivity index (χ0n) is 19.3. The van der Waals surface area contributed by atoms with Gasteiger partial charge in [-0.2, -0.15) is 0 Å². The number of ether oxygens (including phenoxy) is 1. The Labute approximate surface area is 228 Å². The van der Waals surface area contributed by atoms with E-state index in [0.29, 0.717) is 28.2 Å². The number of carbonyl (C=O) groups excluding carboxylic acids is 2. The summed E-state index contributed by atoms with van der Waals surface area (Å²) in [6.07, 6.45) is 1.20. The van der Waals surface area contributed by atoms with Gasteiger partial charge < -0.3 is 15.0 Å². The molecule has 0 aliphatic heterocycles. The molecule has 3 rings (SSSR count). The Kier molecular flexibility index (Phi) is 10.6. The van der Waals surface area contributed by atoms with Crippen molar-refractivity contribution in [3.63, 3.8) is 0 Å². The largest absolute Gasteiger partial charge is 0.483 e. The summed E-state index contributed by atoms with van der Waals surface area (Å²) in [5, 5.41) is 3.53. The van der Waals surface area contributed by atoms with Gasteiger partial charge in [0.1, 0.15) is 11.8 Å². The van der Waals surface area contributed by atoms with E-state index in [0.717, 1.165) is 22.0 Å². The monoisotopic (exact) mass is 620 g/mol. The highest BCUT2D eigenvalue weighted by Crippen LogP contribution is 2.28. The van der Waals surface area contributed by atoms with Crippen molar-refractivity contribution in [2.24, 2.45) is 0 Å². The van der Waals surface area contributed by atoms with E-state index in [1.165, 1.54) is 0 Å². The van der Waals surface area contributed by atoms with Crippen molar-refractivity contribution in [1.29, 1.82) is 0 Å². The number of nitrogens with one attached hydrogen (secondary N) is 1. The van der Waals surface area contributed by atoms with Crippen molar-refractivity contribution in [2.45, 2.75) is 32.4 Å². The molecular weight excluding hydrogens is 596 g/mol. The molecule has 0 unspecified atom stereocenters. The van der Waals surface area contributed by atoms with Crippen molar-refractivity contribution in [2.75, 3.05) is 13.2 Å². The van der Waals surface area contributed by atoms with E-state index in [9.17, 15) is 9.59 Å². The van der Waals surface area contributed by atoms with Crippen LogP contribution in [0.5, 0.6) is 5.75 Å². The maximum absolute atomic E-state index is 13.5. The van der Waals surface area contributed by atoms with Gasteiger partial charge in [-0.3, -0.25) is 9.59 Å². The van der Waals surface area contributed by atoms with E-state index in [1.807, 2.05) is 61.5 Å². The van der Waals surface area contributed by atoms with Gasteiger partial charge in [-0.05, 0) is 63.8 Å². The first-order valence-corrected chi connectivity index (χ1v) is 13.3. The minimum atomic E-state index is -0.697. The van der Waals surface area contributed by atoms with Gasteiger partial charge in [0.15, 0.2) is 6.61 Å². The number of rotatable bonds is 11. The van der Waals surface area contributed by atoms with Crippen LogP contribution < -0.4 is 10.1 Å². The van der Waals surface area contributed by atoms with Gasteiger partial charge in [-0.1, -0.05) is 76.9 Å². The van der Waals surface area contributed by atoms with Crippen LogP contribution in [0.4, 0.5) is 0 Å². The summed E-state index contributed by atoms with van der Waals surface area (Å²) in [6.45, 7) is 2.59. The van der Waals surface area contributed by atoms with Crippen LogP contribution in [0.2, 0.25) is 5.02 Å². The van der Waals surface area contributed by atoms with Crippen LogP contribution in [0.15, 0.2) is 81.7 Å². The third-order valence-corrected chi connectivity index (χ3v) is 6.72. The standard InChI is InChI=1S/C27H27Br2ClN2O3/c1-2-14-31-27(34)24(15-19-6-4-3-5-7-19)32(17-20-8-10-21(28)11-9-20)26(33)18-35-25-13-12-22(30)16-23(25)29/h3-13,16,24H,2,14-15,17-18H2,1H3,(H,31,34)/t24-/m0/s1. The fourth-order valence-corrected chi connectivity index (χ4v) is 4.58. The average molecular weight is 623 g/mol. The average Bonchev–Trinajstić information content (AvgIpc) is 2.85. The lowest BCUT2D eigenvalue weighted by atomic mass is 10.0. The molecule has 184 valence electrons. The molecule has 0 radical (unpaired) electrons. The fraction of sp³-hybridized carbons (Fsp3) is 0.259. The zero-order chi connectivity index (χ0) is 25.2. The zero-order valence-corrected chi connectivity index (χ0v) is 23.3. The first kappa shape index (κ1) is 27.2. The first-order valence-electron chi connectivity index (χ1n) is 11.3. The van der Waals surface area contributed by atoms with Crippen LogP contribution in [0.3, 0.4) is 0 Å². The predicted molar refractivity (Wildman–Crippen MR) is 147 cm³/mol. The number of hydrogen-bond donors (Lipinski definition) is 1. The molecule has 1 atom stereocenters. The van der Waals surface area contributed by atoms with Gasteiger partial charge in [-0.25, -0.2) is 0 Å². The fourth-order valence-electron chi connectivity index (χ4n) is 3.52. The molecule has 0 heterocycles. The molecule has 0 fully saturated rings. The predicted octanol–water partition coefficient (Wildman–Crippen LogP) is 6.41. The molecule has 8 heteroatoms. The van der Waals surface area contributed by atoms with Gasteiger partial charge in [0.25, 0.3) is 5.91 Å². The summed E-state index contributed by atoms with van der Waals surface area (Å²) in [7, 11) is 0. The summed E-state index contributed by atoms with van der Waals surface area (Å²) in [4.78, 5) is 28.4. The normalized spacial score (nSPS) is 11.5. The van der Waals surface area contributed by atoms with Crippen LogP contribution in [-0.2, 0) is 22.6 Å². The molecule has 2 amide bonds. The van der Waals surface area contributed by atoms with E-state index in [2.05, 4.69) is 37.2 Å². The van der Waals surface area contributed by atoms with E-state index < -0.39 is 6.04 Å². The van der Waals surface area contributed by atoms with Gasteiger partial charge in [0.05, 0.1) is 4.47 Å². The van der Waals surface area contributed by atoms with E-state index in [1.54, 1.807) is 23.1 Å². The van der Waals surface area contributed by atoms with Crippen LogP contribution in [-0.4, -0.2) is 35.9 Å². The minimum Gasteiger partial charge on any atom is -0.483 e. The molecule has 3 aromatic rings. The molecule has 0 aliphatic rings. The van der Waals surface area contributed by atoms with Gasteiger partial charge in [-0.15, -0.1) is 0 Å². The number of hydrogen-bond acceptors (Lipinski definition) is 3. The summed E-state index contributed by atoms with van der Waals surface area (Å²) in [5.41, 5.74) is 1.88. The molecule has 5 nitrogen and oxygen atoms in total. The molecule has 0 spiro atoms. The minimum absolute atomic E-state index is 0.186. The Morgan fingerprint density at radius 1 is 1.00 bits per heavy atom. The van der Waals surface area contributed by atoms with Crippen LogP contribution in [0.25, 0.3) is 0 Å². The molecule has 3 aromatic carbocycles. The lowest BCUT2D eigenvalue weighted by molar-refractivity contribution is -0.142. The van der Waals surface area contributed by atoms with E-state index in [-0.39, 0.29) is 25.0 Å². The van der Waals surface area contributed by atoms with Gasteiger partial charge >= 0.3 is 0 Å². The Bertz CT molecular complexity index is 1130. The maximum atomic E-state index is 13.5. The highest BCUT2D eigenvalue weighted by atomic mass is 79.9. The summed E-state index contributed by atoms with van der Waals surface area (Å²) in [5.74, 6) is 0.0255. The van der Waals surface area contributed by atoms with Crippen molar-refractivity contribution in [3.05, 3.63) is 97.9 Å². The summed E-state index contributed by atoms with van der Waals surface area (Å²) < 4.78 is 7.41. The first-order chi connectivity index (χ1) is 16.9. The summed E-state index contributed by atoms with van der Waals surface area (Å²) >= 11 is 12.9. The third kappa shape index (κ3) is 8.37. The Balaban J connectivity index is 1.89. The molecule has 35 heavy (non-hydrogen) atoms. The number of benzene rings is 3. The SMILES string of the molecule is CCCNC(=O)[C@H](Cc1ccccc1)N(Cc1ccc(Br)cc1)C(=O)COc1ccc(Cl)cc1Br. The number of carbonyl (C=O) groups is 2. The Morgan fingerprint density at radius 2 is 1.71 bits per heavy atom. The van der Waals surface area contributed by atoms with Crippen LogP contribution >= 0.6 is 43.5 Å². The second-order valence-corrected chi connectivity index (χ2v) is 10.2. The van der Waals surface area contributed by atoms with Crippen molar-refractivity contribution >= 4 is 55.3 Å². The van der Waals surface area contributed by atoms with Crippen LogP contribution in [0, 0.1) is 0 Å². The smallest absolute Gasteiger partial charge is 0.261 e. The number of halogens is 3. The molecule has 1 N–H and O–H groups in total. The van der Waals surface area contributed by atoms with Crippen LogP contribution in [0.1, 0.15) is 24.5 Å². The Morgan fingerprint density at radius 3 is 2.37 bits per heavy atom. The number of nitrogens with zero attached hydrogens (tertiary/aromatic N) is 1. The van der Waals surface area contributed by atoms with Gasteiger partial charge in [0.2, 0.25) is 5.91 Å². The van der Waals surface area contributed by atoms with Crippen molar-refractivity contribution < 1.29 is 14.3 Å². The van der Waals surface area contributed by atoms with E-state index in [4.69, 9.17) is 16.3 Å². The van der Waals surface area contributed by atoms with Crippen molar-refractivity contribution in [1.82, 2.24) is 10.2 Å². The molecular formula is C27H27Br2ClN2O3. The second-order valence-electron chi connectivity index (χ2n) is 8.01. The molecule has 0 aromatic heterocycles. The van der Waals surface area contributed by atoms with E-state index >= 15 is 0 Å². The molecule has 0 aliphatic carbocycles. The maximum Gasteiger partial charge on any atom is 0.261 e. The molecule has 0 saturated heterocycles. The van der Waals surface area contributed by atoms with Crippen molar-refractivity contribution in [3.8, 4) is 5.75 Å². The topological polar surface area (TPSA) is 58.6 Å². The lowest BCUT2D eigenvalue weighted by Crippen LogP contribution is -2.51.